The molecule has 0 aliphatic carbocycles. The molecule has 0 radical (unpaired) electrons. The molecule has 1 fully saturated rings. The summed E-state index contributed by atoms with van der Waals surface area (Å²) in [6.07, 6.45) is 7.01. The molecular weight excluding hydrogens is 397 g/mol. The van der Waals surface area contributed by atoms with Crippen LogP contribution >= 0.6 is 18.5 Å². The number of thioether (sulfide) groups is 1. The van der Waals surface area contributed by atoms with Gasteiger partial charge in [0.1, 0.15) is 0 Å². The van der Waals surface area contributed by atoms with Crippen LogP contribution in [-0.4, -0.2) is 52.9 Å². The Kier molecular flexibility index (Phi) is 12.2. The third-order valence-corrected chi connectivity index (χ3v) is 6.61. The van der Waals surface area contributed by atoms with E-state index in [2.05, 4.69) is 16.5 Å². The molecule has 1 N–H and O–H groups in total. The van der Waals surface area contributed by atoms with E-state index >= 15 is 0 Å². The zero-order valence-corrected chi connectivity index (χ0v) is 18.1. The van der Waals surface area contributed by atoms with Crippen molar-refractivity contribution in [1.29, 1.82) is 0 Å². The second-order valence-corrected chi connectivity index (χ2v) is 10.2. The van der Waals surface area contributed by atoms with Crippen molar-refractivity contribution in [1.82, 2.24) is 4.90 Å². The van der Waals surface area contributed by atoms with Gasteiger partial charge in [-0.1, -0.05) is 32.6 Å². The lowest BCUT2D eigenvalue weighted by Crippen LogP contribution is -2.32. The normalized spacial score (nSPS) is 20.0. The summed E-state index contributed by atoms with van der Waals surface area (Å²) in [5, 5.41) is -0.210. The van der Waals surface area contributed by atoms with E-state index in [0.717, 1.165) is 50.7 Å². The van der Waals surface area contributed by atoms with Crippen molar-refractivity contribution < 1.29 is 28.6 Å². The van der Waals surface area contributed by atoms with Crippen LogP contribution in [-0.2, 0) is 35.5 Å². The highest BCUT2D eigenvalue weighted by atomic mass is 32.5. The van der Waals surface area contributed by atoms with Crippen LogP contribution in [0.4, 0.5) is 0 Å². The number of amides is 2. The maximum absolute atomic E-state index is 12.3. The first-order valence-electron chi connectivity index (χ1n) is 9.06. The Morgan fingerprint density at radius 1 is 1.23 bits per heavy atom. The van der Waals surface area contributed by atoms with Gasteiger partial charge in [0.25, 0.3) is 0 Å². The van der Waals surface area contributed by atoms with Gasteiger partial charge in [-0.25, -0.2) is 4.89 Å². The summed E-state index contributed by atoms with van der Waals surface area (Å²) in [6, 6.07) is 0. The van der Waals surface area contributed by atoms with Crippen molar-refractivity contribution in [2.45, 2.75) is 63.5 Å². The highest BCUT2D eigenvalue weighted by Gasteiger charge is 2.37. The van der Waals surface area contributed by atoms with Crippen LogP contribution in [0.25, 0.3) is 0 Å². The van der Waals surface area contributed by atoms with Crippen LogP contribution < -0.4 is 0 Å². The van der Waals surface area contributed by atoms with Gasteiger partial charge in [-0.15, -0.1) is 16.4 Å². The number of hydrogen-bond acceptors (Lipinski definition) is 7. The highest BCUT2D eigenvalue weighted by molar-refractivity contribution is 8.07. The van der Waals surface area contributed by atoms with E-state index in [-0.39, 0.29) is 17.1 Å². The highest BCUT2D eigenvalue weighted by Crippen LogP contribution is 2.43. The number of carbonyl (C=O) groups excluding carboxylic acids is 2. The molecule has 0 aromatic rings. The molecule has 1 aliphatic heterocycles. The largest absolute Gasteiger partial charge is 0.353 e. The SMILES string of the molecule is CCCCCN1C(=O)CC(SCCCCCCOP(O)(=S)OOC)C1=O. The summed E-state index contributed by atoms with van der Waals surface area (Å²) in [4.78, 5) is 39.5. The predicted molar refractivity (Wildman–Crippen MR) is 106 cm³/mol. The molecule has 10 heteroatoms. The van der Waals surface area contributed by atoms with Gasteiger partial charge in [0.15, 0.2) is 0 Å². The lowest BCUT2D eigenvalue weighted by molar-refractivity contribution is -0.189. The van der Waals surface area contributed by atoms with Gasteiger partial charge < -0.3 is 9.42 Å². The van der Waals surface area contributed by atoms with Crippen molar-refractivity contribution in [2.24, 2.45) is 0 Å². The minimum absolute atomic E-state index is 0.0173. The molecule has 1 rings (SSSR count). The van der Waals surface area contributed by atoms with Crippen molar-refractivity contribution in [2.75, 3.05) is 26.0 Å². The summed E-state index contributed by atoms with van der Waals surface area (Å²) in [6.45, 7) is -0.274. The Bertz CT molecular complexity index is 493. The van der Waals surface area contributed by atoms with Gasteiger partial charge in [0, 0.05) is 13.0 Å². The minimum Gasteiger partial charge on any atom is -0.323 e. The minimum atomic E-state index is -3.26. The van der Waals surface area contributed by atoms with Gasteiger partial charge >= 0.3 is 6.72 Å². The average Bonchev–Trinajstić information content (AvgIpc) is 2.84. The predicted octanol–water partition coefficient (Wildman–Crippen LogP) is 3.41. The zero-order valence-electron chi connectivity index (χ0n) is 15.6. The fourth-order valence-corrected chi connectivity index (χ4v) is 4.80. The standard InChI is InChI=1S/C16H30NO6PS2/c1-3-4-7-10-17-15(18)13-14(16(17)19)26-12-9-6-5-8-11-22-24(20,25)23-21-2/h14H,3-13H2,1-2H3,(H,20,25). The Hall–Kier alpha value is -0.0200. The van der Waals surface area contributed by atoms with Crippen molar-refractivity contribution in [3.8, 4) is 0 Å². The molecular formula is C16H30NO6PS2. The number of unbranched alkanes of at least 4 members (excludes halogenated alkanes) is 5. The van der Waals surface area contributed by atoms with Crippen molar-refractivity contribution >= 4 is 42.1 Å². The quantitative estimate of drug-likeness (QED) is 0.140. The van der Waals surface area contributed by atoms with Crippen molar-refractivity contribution in [3.05, 3.63) is 0 Å². The van der Waals surface area contributed by atoms with Crippen LogP contribution in [0.2, 0.25) is 0 Å². The van der Waals surface area contributed by atoms with E-state index in [0.29, 0.717) is 19.6 Å². The molecule has 2 amide bonds. The molecule has 1 saturated heterocycles. The molecule has 152 valence electrons. The van der Waals surface area contributed by atoms with E-state index in [1.54, 1.807) is 11.8 Å². The van der Waals surface area contributed by atoms with Crippen LogP contribution in [0.3, 0.4) is 0 Å². The lowest BCUT2D eigenvalue weighted by atomic mass is 10.2. The number of hydrogen-bond donors (Lipinski definition) is 1. The van der Waals surface area contributed by atoms with Crippen LogP contribution in [0.5, 0.6) is 0 Å². The number of likely N-dealkylation sites (tertiary alicyclic amines) is 1. The monoisotopic (exact) mass is 427 g/mol. The van der Waals surface area contributed by atoms with Crippen molar-refractivity contribution in [3.63, 3.8) is 0 Å². The second kappa shape index (κ2) is 13.2. The Balaban J connectivity index is 2.08. The van der Waals surface area contributed by atoms with E-state index in [4.69, 9.17) is 16.3 Å². The molecule has 1 aliphatic rings. The van der Waals surface area contributed by atoms with E-state index in [1.165, 1.54) is 12.0 Å². The molecule has 0 saturated carbocycles. The van der Waals surface area contributed by atoms with Crippen LogP contribution in [0.1, 0.15) is 58.3 Å². The Morgan fingerprint density at radius 3 is 2.65 bits per heavy atom. The molecule has 0 aromatic heterocycles. The maximum Gasteiger partial charge on any atom is 0.353 e. The first-order valence-corrected chi connectivity index (χ1v) is 12.7. The smallest absolute Gasteiger partial charge is 0.323 e. The summed E-state index contributed by atoms with van der Waals surface area (Å²) in [5.41, 5.74) is 0. The first-order chi connectivity index (χ1) is 12.4. The Morgan fingerprint density at radius 2 is 1.96 bits per heavy atom. The summed E-state index contributed by atoms with van der Waals surface area (Å²) >= 11 is 6.30. The van der Waals surface area contributed by atoms with Gasteiger partial charge in [-0.2, -0.15) is 0 Å². The molecule has 0 bridgehead atoms. The molecule has 7 nitrogen and oxygen atoms in total. The topological polar surface area (TPSA) is 85.3 Å². The summed E-state index contributed by atoms with van der Waals surface area (Å²) < 4.78 is 9.56. The van der Waals surface area contributed by atoms with Gasteiger partial charge in [-0.3, -0.25) is 14.5 Å². The molecule has 2 unspecified atom stereocenters. The van der Waals surface area contributed by atoms with E-state index in [1.807, 2.05) is 0 Å². The summed E-state index contributed by atoms with van der Waals surface area (Å²) in [7, 11) is 1.27. The fraction of sp³-hybridized carbons (Fsp3) is 0.875. The van der Waals surface area contributed by atoms with Gasteiger partial charge in [0.05, 0.1) is 19.0 Å². The Labute approximate surface area is 165 Å². The third-order valence-electron chi connectivity index (χ3n) is 3.97. The second-order valence-electron chi connectivity index (χ2n) is 6.11. The first kappa shape index (κ1) is 24.0. The van der Waals surface area contributed by atoms with E-state index in [9.17, 15) is 14.5 Å². The average molecular weight is 428 g/mol. The number of rotatable bonds is 15. The number of carbonyl (C=O) groups is 2. The third kappa shape index (κ3) is 9.26. The van der Waals surface area contributed by atoms with Crippen LogP contribution in [0, 0.1) is 0 Å². The molecule has 1 heterocycles. The number of imide groups is 1. The number of nitrogens with zero attached hydrogens (tertiary/aromatic N) is 1. The molecule has 0 aromatic carbocycles. The lowest BCUT2D eigenvalue weighted by Gasteiger charge is -2.14. The van der Waals surface area contributed by atoms with E-state index < -0.39 is 6.72 Å². The molecule has 26 heavy (non-hydrogen) atoms. The van der Waals surface area contributed by atoms with Crippen LogP contribution in [0.15, 0.2) is 0 Å². The van der Waals surface area contributed by atoms with Gasteiger partial charge in [-0.05, 0) is 36.8 Å². The zero-order chi connectivity index (χ0) is 19.4. The van der Waals surface area contributed by atoms with Gasteiger partial charge in [0.2, 0.25) is 11.8 Å². The molecule has 2 atom stereocenters. The summed E-state index contributed by atoms with van der Waals surface area (Å²) in [5.74, 6) is 0.813. The maximum atomic E-state index is 12.3. The molecule has 0 spiro atoms. The fourth-order valence-electron chi connectivity index (χ4n) is 2.62.